The number of aryl methyl sites for hydroxylation is 1. The third-order valence-corrected chi connectivity index (χ3v) is 4.89. The van der Waals surface area contributed by atoms with Crippen molar-refractivity contribution in [1.82, 2.24) is 25.3 Å². The number of aromatic nitrogens is 4. The molecule has 1 amide bonds. The number of carbonyl (C=O) groups is 1. The highest BCUT2D eigenvalue weighted by molar-refractivity contribution is 5.93. The van der Waals surface area contributed by atoms with Crippen molar-refractivity contribution in [1.29, 1.82) is 0 Å². The third kappa shape index (κ3) is 2.96. The molecule has 7 heteroatoms. The van der Waals surface area contributed by atoms with Gasteiger partial charge in [-0.3, -0.25) is 14.6 Å². The van der Waals surface area contributed by atoms with Gasteiger partial charge < -0.3 is 10.1 Å². The zero-order chi connectivity index (χ0) is 18.1. The first-order chi connectivity index (χ1) is 12.7. The maximum Gasteiger partial charge on any atom is 0.269 e. The Balaban J connectivity index is 1.50. The summed E-state index contributed by atoms with van der Waals surface area (Å²) in [6.45, 7) is 0. The Morgan fingerprint density at radius 2 is 2.15 bits per heavy atom. The van der Waals surface area contributed by atoms with Crippen LogP contribution in [0.2, 0.25) is 0 Å². The summed E-state index contributed by atoms with van der Waals surface area (Å²) in [5.74, 6) is 0.630. The van der Waals surface area contributed by atoms with E-state index in [-0.39, 0.29) is 11.9 Å². The van der Waals surface area contributed by atoms with E-state index in [0.29, 0.717) is 5.69 Å². The lowest BCUT2D eigenvalue weighted by Crippen LogP contribution is -2.31. The molecule has 2 N–H and O–H groups in total. The van der Waals surface area contributed by atoms with E-state index < -0.39 is 0 Å². The molecule has 134 valence electrons. The molecule has 0 saturated heterocycles. The second kappa shape index (κ2) is 6.67. The molecule has 0 bridgehead atoms. The smallest absolute Gasteiger partial charge is 0.269 e. The molecule has 1 aliphatic carbocycles. The van der Waals surface area contributed by atoms with Gasteiger partial charge in [-0.15, -0.1) is 0 Å². The number of methoxy groups -OCH3 is 1. The van der Waals surface area contributed by atoms with Gasteiger partial charge in [0, 0.05) is 23.9 Å². The Morgan fingerprint density at radius 1 is 1.35 bits per heavy atom. The molecule has 0 fully saturated rings. The number of rotatable bonds is 4. The van der Waals surface area contributed by atoms with Crippen LogP contribution in [0.5, 0.6) is 5.75 Å². The predicted octanol–water partition coefficient (Wildman–Crippen LogP) is 2.63. The van der Waals surface area contributed by atoms with Crippen molar-refractivity contribution < 1.29 is 9.53 Å². The lowest BCUT2D eigenvalue weighted by Gasteiger charge is -2.23. The fourth-order valence-electron chi connectivity index (χ4n) is 3.44. The topological polar surface area (TPSA) is 84.8 Å². The summed E-state index contributed by atoms with van der Waals surface area (Å²) in [6, 6.07) is 9.34. The summed E-state index contributed by atoms with van der Waals surface area (Å²) in [5.41, 5.74) is 4.41. The number of nitrogens with zero attached hydrogens (tertiary/aromatic N) is 3. The molecule has 26 heavy (non-hydrogen) atoms. The van der Waals surface area contributed by atoms with Crippen molar-refractivity contribution in [3.63, 3.8) is 0 Å². The van der Waals surface area contributed by atoms with Crippen LogP contribution in [-0.4, -0.2) is 33.0 Å². The fraction of sp³-hybridized carbons (Fsp3) is 0.316. The van der Waals surface area contributed by atoms with Crippen LogP contribution in [0.25, 0.3) is 11.3 Å². The maximum absolute atomic E-state index is 12.6. The zero-order valence-corrected chi connectivity index (χ0v) is 14.8. The first-order valence-electron chi connectivity index (χ1n) is 8.67. The number of ether oxygens (including phenoxy) is 1. The van der Waals surface area contributed by atoms with Crippen LogP contribution in [0.3, 0.4) is 0 Å². The molecule has 3 aromatic rings. The summed E-state index contributed by atoms with van der Waals surface area (Å²) in [7, 11) is 3.57. The minimum atomic E-state index is -0.154. The molecule has 0 spiro atoms. The number of nitrogens with one attached hydrogen (secondary N) is 2. The summed E-state index contributed by atoms with van der Waals surface area (Å²) in [5, 5.41) is 14.5. The fourth-order valence-corrected chi connectivity index (χ4v) is 3.44. The second-order valence-electron chi connectivity index (χ2n) is 6.48. The Labute approximate surface area is 151 Å². The van der Waals surface area contributed by atoms with Gasteiger partial charge in [0.15, 0.2) is 0 Å². The summed E-state index contributed by atoms with van der Waals surface area (Å²) < 4.78 is 7.06. The first-order valence-corrected chi connectivity index (χ1v) is 8.67. The van der Waals surface area contributed by atoms with Crippen molar-refractivity contribution in [3.05, 3.63) is 53.5 Å². The summed E-state index contributed by atoms with van der Waals surface area (Å²) in [4.78, 5) is 12.6. The Kier molecular flexibility index (Phi) is 4.20. The van der Waals surface area contributed by atoms with E-state index in [1.54, 1.807) is 13.2 Å². The molecule has 0 radical (unpaired) electrons. The molecule has 0 aliphatic heterocycles. The van der Waals surface area contributed by atoms with Crippen LogP contribution in [0.4, 0.5) is 0 Å². The first kappa shape index (κ1) is 16.4. The van der Waals surface area contributed by atoms with Crippen molar-refractivity contribution in [2.45, 2.75) is 25.3 Å². The molecule has 4 rings (SSSR count). The van der Waals surface area contributed by atoms with Gasteiger partial charge in [-0.25, -0.2) is 0 Å². The van der Waals surface area contributed by atoms with Crippen LogP contribution < -0.4 is 10.1 Å². The number of hydrogen-bond donors (Lipinski definition) is 2. The van der Waals surface area contributed by atoms with E-state index in [2.05, 4.69) is 20.6 Å². The molecule has 1 aromatic carbocycles. The molecule has 2 aromatic heterocycles. The van der Waals surface area contributed by atoms with Crippen molar-refractivity contribution in [3.8, 4) is 17.0 Å². The number of hydrogen-bond acceptors (Lipinski definition) is 4. The van der Waals surface area contributed by atoms with Crippen LogP contribution in [0.15, 0.2) is 36.5 Å². The predicted molar refractivity (Wildman–Crippen MR) is 96.9 cm³/mol. The van der Waals surface area contributed by atoms with Crippen LogP contribution in [0.1, 0.15) is 40.6 Å². The van der Waals surface area contributed by atoms with Gasteiger partial charge in [0.2, 0.25) is 0 Å². The highest BCUT2D eigenvalue weighted by Crippen LogP contribution is 2.29. The number of carbonyl (C=O) groups excluding carboxylic acids is 1. The summed E-state index contributed by atoms with van der Waals surface area (Å²) >= 11 is 0. The SMILES string of the molecule is COc1ccc(-c2cc(C(=O)NC3CCCc4c3cnn4C)[nH]n2)cc1. The minimum Gasteiger partial charge on any atom is -0.497 e. The number of fused-ring (bicyclic) bond motifs is 1. The standard InChI is InChI=1S/C19H21N5O2/c1-24-18-5-3-4-15(14(18)11-20-24)21-19(25)17-10-16(22-23-17)12-6-8-13(26-2)9-7-12/h6-11,15H,3-5H2,1-2H3,(H,21,25)(H,22,23). The minimum absolute atomic E-state index is 0.00677. The van der Waals surface area contributed by atoms with E-state index in [9.17, 15) is 4.79 Å². The quantitative estimate of drug-likeness (QED) is 0.757. The van der Waals surface area contributed by atoms with E-state index in [1.807, 2.05) is 42.2 Å². The highest BCUT2D eigenvalue weighted by Gasteiger charge is 2.25. The summed E-state index contributed by atoms with van der Waals surface area (Å²) in [6.07, 6.45) is 4.82. The maximum atomic E-state index is 12.6. The highest BCUT2D eigenvalue weighted by atomic mass is 16.5. The molecule has 1 aliphatic rings. The largest absolute Gasteiger partial charge is 0.497 e. The number of amides is 1. The molecular weight excluding hydrogens is 330 g/mol. The van der Waals surface area contributed by atoms with Gasteiger partial charge in [-0.1, -0.05) is 0 Å². The number of aromatic amines is 1. The average Bonchev–Trinajstić information content (AvgIpc) is 3.30. The lowest BCUT2D eigenvalue weighted by molar-refractivity contribution is 0.0927. The molecule has 2 heterocycles. The Bertz CT molecular complexity index is 926. The van der Waals surface area contributed by atoms with Gasteiger partial charge in [-0.05, 0) is 49.6 Å². The second-order valence-corrected chi connectivity index (χ2v) is 6.48. The van der Waals surface area contributed by atoms with E-state index in [1.165, 1.54) is 5.69 Å². The molecule has 1 atom stereocenters. The number of H-pyrrole nitrogens is 1. The van der Waals surface area contributed by atoms with Crippen molar-refractivity contribution >= 4 is 5.91 Å². The van der Waals surface area contributed by atoms with E-state index in [0.717, 1.165) is 41.8 Å². The molecule has 7 nitrogen and oxygen atoms in total. The van der Waals surface area contributed by atoms with E-state index >= 15 is 0 Å². The van der Waals surface area contributed by atoms with Gasteiger partial charge in [0.25, 0.3) is 5.91 Å². The Morgan fingerprint density at radius 3 is 2.92 bits per heavy atom. The number of benzene rings is 1. The van der Waals surface area contributed by atoms with E-state index in [4.69, 9.17) is 4.74 Å². The normalized spacial score (nSPS) is 16.2. The monoisotopic (exact) mass is 351 g/mol. The molecule has 0 saturated carbocycles. The molecular formula is C19H21N5O2. The van der Waals surface area contributed by atoms with Gasteiger partial charge in [0.1, 0.15) is 11.4 Å². The van der Waals surface area contributed by atoms with Crippen molar-refractivity contribution in [2.75, 3.05) is 7.11 Å². The average molecular weight is 351 g/mol. The van der Waals surface area contributed by atoms with Crippen molar-refractivity contribution in [2.24, 2.45) is 7.05 Å². The van der Waals surface area contributed by atoms with Crippen LogP contribution in [-0.2, 0) is 13.5 Å². The zero-order valence-electron chi connectivity index (χ0n) is 14.8. The van der Waals surface area contributed by atoms with Crippen LogP contribution in [0, 0.1) is 0 Å². The van der Waals surface area contributed by atoms with Gasteiger partial charge >= 0.3 is 0 Å². The van der Waals surface area contributed by atoms with Gasteiger partial charge in [-0.2, -0.15) is 10.2 Å². The van der Waals surface area contributed by atoms with Gasteiger partial charge in [0.05, 0.1) is 25.0 Å². The lowest BCUT2D eigenvalue weighted by atomic mass is 9.93. The Hall–Kier alpha value is -3.09. The van der Waals surface area contributed by atoms with Crippen LogP contribution >= 0.6 is 0 Å². The third-order valence-electron chi connectivity index (χ3n) is 4.89. The molecule has 1 unspecified atom stereocenters.